The zero-order valence-corrected chi connectivity index (χ0v) is 24.7. The molecule has 41 heavy (non-hydrogen) atoms. The van der Waals surface area contributed by atoms with E-state index in [0.29, 0.717) is 44.0 Å². The van der Waals surface area contributed by atoms with E-state index in [2.05, 4.69) is 36.3 Å². The van der Waals surface area contributed by atoms with Gasteiger partial charge in [-0.3, -0.25) is 9.59 Å². The van der Waals surface area contributed by atoms with Crippen molar-refractivity contribution in [1.29, 1.82) is 0 Å². The molecule has 2 amide bonds. The Kier molecular flexibility index (Phi) is 8.10. The van der Waals surface area contributed by atoms with Crippen molar-refractivity contribution in [2.45, 2.75) is 71.8 Å². The molecule has 1 aromatic heterocycles. The number of aromatic amines is 1. The third-order valence-corrected chi connectivity index (χ3v) is 9.89. The molecule has 0 unspecified atom stereocenters. The van der Waals surface area contributed by atoms with Crippen LogP contribution in [0.1, 0.15) is 69.9 Å². The normalized spacial score (nSPS) is 24.5. The lowest BCUT2D eigenvalue weighted by Crippen LogP contribution is -2.56. The summed E-state index contributed by atoms with van der Waals surface area (Å²) in [4.78, 5) is 35.5. The van der Waals surface area contributed by atoms with Crippen LogP contribution in [0.2, 0.25) is 0 Å². The maximum Gasteiger partial charge on any atom is 0.242 e. The summed E-state index contributed by atoms with van der Waals surface area (Å²) in [5, 5.41) is 1.20. The molecule has 4 bridgehead atoms. The van der Waals surface area contributed by atoms with E-state index in [-0.39, 0.29) is 23.8 Å². The Morgan fingerprint density at radius 2 is 1.59 bits per heavy atom. The number of carbonyl (C=O) groups is 2. The van der Waals surface area contributed by atoms with Gasteiger partial charge < -0.3 is 19.5 Å². The molecule has 3 aromatic rings. The Morgan fingerprint density at radius 3 is 2.24 bits per heavy atom. The minimum atomic E-state index is -0.228. The fourth-order valence-electron chi connectivity index (χ4n) is 8.46. The molecule has 4 aliphatic carbocycles. The van der Waals surface area contributed by atoms with Gasteiger partial charge in [-0.25, -0.2) is 0 Å². The third-order valence-electron chi connectivity index (χ3n) is 9.89. The van der Waals surface area contributed by atoms with E-state index in [1.807, 2.05) is 47.1 Å². The summed E-state index contributed by atoms with van der Waals surface area (Å²) in [6.45, 7) is 6.63. The number of ether oxygens (including phenoxy) is 1. The second kappa shape index (κ2) is 11.9. The number of nitrogens with one attached hydrogen (secondary N) is 1. The van der Waals surface area contributed by atoms with Crippen molar-refractivity contribution >= 4 is 22.7 Å². The average Bonchev–Trinajstić information content (AvgIpc) is 3.38. The lowest BCUT2D eigenvalue weighted by atomic mass is 9.49. The van der Waals surface area contributed by atoms with E-state index >= 15 is 0 Å². The summed E-state index contributed by atoms with van der Waals surface area (Å²) in [5.41, 5.74) is 3.16. The van der Waals surface area contributed by atoms with Gasteiger partial charge in [-0.05, 0) is 105 Å². The Hall–Kier alpha value is -3.28. The minimum Gasteiger partial charge on any atom is -0.494 e. The number of hydrogen-bond donors (Lipinski definition) is 1. The maximum atomic E-state index is 14.2. The number of fused-ring (bicyclic) bond motifs is 1. The van der Waals surface area contributed by atoms with Crippen molar-refractivity contribution in [3.8, 4) is 5.75 Å². The van der Waals surface area contributed by atoms with Crippen LogP contribution in [0.3, 0.4) is 0 Å². The highest BCUT2D eigenvalue weighted by molar-refractivity contribution is 5.88. The first-order valence-corrected chi connectivity index (χ1v) is 15.8. The number of nitrogens with zero attached hydrogens (tertiary/aromatic N) is 2. The predicted molar refractivity (Wildman–Crippen MR) is 163 cm³/mol. The first-order chi connectivity index (χ1) is 20.0. The van der Waals surface area contributed by atoms with Gasteiger partial charge in [0.15, 0.2) is 0 Å². The Labute approximate surface area is 244 Å². The van der Waals surface area contributed by atoms with Gasteiger partial charge >= 0.3 is 0 Å². The Bertz CT molecular complexity index is 1330. The summed E-state index contributed by atoms with van der Waals surface area (Å²) < 4.78 is 5.63. The van der Waals surface area contributed by atoms with Gasteiger partial charge in [-0.1, -0.05) is 37.3 Å². The number of amides is 2. The van der Waals surface area contributed by atoms with Gasteiger partial charge in [0.2, 0.25) is 11.8 Å². The Balaban J connectivity index is 1.20. The minimum absolute atomic E-state index is 0.0326. The molecule has 7 rings (SSSR count). The predicted octanol–water partition coefficient (Wildman–Crippen LogP) is 6.59. The fourth-order valence-corrected chi connectivity index (χ4v) is 8.46. The zero-order chi connectivity index (χ0) is 28.4. The highest BCUT2D eigenvalue weighted by Crippen LogP contribution is 2.60. The van der Waals surface area contributed by atoms with Crippen molar-refractivity contribution in [3.63, 3.8) is 0 Å². The third kappa shape index (κ3) is 5.89. The zero-order valence-electron chi connectivity index (χ0n) is 24.7. The SMILES string of the molecule is CCCN(CC(=O)N(CCc1c[nH]c2ccccc12)Cc1ccc(OCC)cc1)C(=O)C12CC3CC(CC(C3)C1)C2. The number of benzene rings is 2. The second-order valence-electron chi connectivity index (χ2n) is 12.9. The van der Waals surface area contributed by atoms with E-state index in [1.54, 1.807) is 0 Å². The van der Waals surface area contributed by atoms with E-state index < -0.39 is 0 Å². The molecule has 4 aliphatic rings. The van der Waals surface area contributed by atoms with Gasteiger partial charge in [0, 0.05) is 36.7 Å². The molecule has 4 saturated carbocycles. The van der Waals surface area contributed by atoms with Crippen LogP contribution in [0.5, 0.6) is 5.75 Å². The van der Waals surface area contributed by atoms with Gasteiger partial charge in [0.1, 0.15) is 5.75 Å². The summed E-state index contributed by atoms with van der Waals surface area (Å²) in [6, 6.07) is 16.3. The largest absolute Gasteiger partial charge is 0.494 e. The first-order valence-electron chi connectivity index (χ1n) is 15.8. The van der Waals surface area contributed by atoms with Gasteiger partial charge in [0.05, 0.1) is 18.6 Å². The molecule has 218 valence electrons. The average molecular weight is 556 g/mol. The number of H-pyrrole nitrogens is 1. The summed E-state index contributed by atoms with van der Waals surface area (Å²) in [7, 11) is 0. The second-order valence-corrected chi connectivity index (χ2v) is 12.9. The molecule has 0 atom stereocenters. The van der Waals surface area contributed by atoms with Crippen molar-refractivity contribution in [2.75, 3.05) is 26.2 Å². The van der Waals surface area contributed by atoms with Crippen LogP contribution < -0.4 is 4.74 Å². The van der Waals surface area contributed by atoms with E-state index in [0.717, 1.165) is 48.9 Å². The quantitative estimate of drug-likeness (QED) is 0.274. The molecule has 0 radical (unpaired) electrons. The van der Waals surface area contributed by atoms with Crippen LogP contribution in [-0.2, 0) is 22.6 Å². The number of hydrogen-bond acceptors (Lipinski definition) is 3. The maximum absolute atomic E-state index is 14.2. The molecule has 0 spiro atoms. The summed E-state index contributed by atoms with van der Waals surface area (Å²) >= 11 is 0. The number of aromatic nitrogens is 1. The summed E-state index contributed by atoms with van der Waals surface area (Å²) in [6.07, 6.45) is 10.7. The molecule has 0 saturated heterocycles. The first kappa shape index (κ1) is 27.9. The molecule has 6 heteroatoms. The molecular formula is C35H45N3O3. The number of carbonyl (C=O) groups excluding carboxylic acids is 2. The van der Waals surface area contributed by atoms with Crippen molar-refractivity contribution in [2.24, 2.45) is 23.2 Å². The highest BCUT2D eigenvalue weighted by Gasteiger charge is 2.55. The molecule has 0 aliphatic heterocycles. The van der Waals surface area contributed by atoms with Gasteiger partial charge in [0.25, 0.3) is 0 Å². The molecule has 4 fully saturated rings. The fraction of sp³-hybridized carbons (Fsp3) is 0.543. The van der Waals surface area contributed by atoms with Crippen molar-refractivity contribution < 1.29 is 14.3 Å². The van der Waals surface area contributed by atoms with Crippen molar-refractivity contribution in [1.82, 2.24) is 14.8 Å². The molecule has 1 N–H and O–H groups in total. The van der Waals surface area contributed by atoms with E-state index in [9.17, 15) is 9.59 Å². The van der Waals surface area contributed by atoms with Crippen LogP contribution in [0.15, 0.2) is 54.7 Å². The Morgan fingerprint density at radius 1 is 0.902 bits per heavy atom. The number of para-hydroxylation sites is 1. The van der Waals surface area contributed by atoms with Crippen LogP contribution >= 0.6 is 0 Å². The van der Waals surface area contributed by atoms with Crippen LogP contribution in [0.25, 0.3) is 10.9 Å². The molecular weight excluding hydrogens is 510 g/mol. The monoisotopic (exact) mass is 555 g/mol. The molecule has 2 aromatic carbocycles. The molecule has 1 heterocycles. The van der Waals surface area contributed by atoms with Crippen LogP contribution in [0, 0.1) is 23.2 Å². The van der Waals surface area contributed by atoms with E-state index in [4.69, 9.17) is 4.74 Å². The topological polar surface area (TPSA) is 65.6 Å². The standard InChI is InChI=1S/C35H45N3O3/c1-3-14-38(34(40)35-19-26-16-27(20-35)18-28(17-26)21-35)24-33(39)37(23-25-9-11-30(12-10-25)41-4-2)15-13-29-22-36-32-8-6-5-7-31(29)32/h5-12,22,26-28,36H,3-4,13-21,23-24H2,1-2H3. The van der Waals surface area contributed by atoms with Gasteiger partial charge in [-0.15, -0.1) is 0 Å². The molecule has 6 nitrogen and oxygen atoms in total. The van der Waals surface area contributed by atoms with Crippen LogP contribution in [-0.4, -0.2) is 52.8 Å². The van der Waals surface area contributed by atoms with Crippen molar-refractivity contribution in [3.05, 3.63) is 65.9 Å². The smallest absolute Gasteiger partial charge is 0.242 e. The van der Waals surface area contributed by atoms with Crippen LogP contribution in [0.4, 0.5) is 0 Å². The lowest BCUT2D eigenvalue weighted by molar-refractivity contribution is -0.160. The number of rotatable bonds is 12. The van der Waals surface area contributed by atoms with Gasteiger partial charge in [-0.2, -0.15) is 0 Å². The lowest BCUT2D eigenvalue weighted by Gasteiger charge is -2.56. The highest BCUT2D eigenvalue weighted by atomic mass is 16.5. The van der Waals surface area contributed by atoms with E-state index in [1.165, 1.54) is 30.2 Å². The summed E-state index contributed by atoms with van der Waals surface area (Å²) in [5.74, 6) is 3.24.